The van der Waals surface area contributed by atoms with Gasteiger partial charge in [-0.25, -0.2) is 4.79 Å². The van der Waals surface area contributed by atoms with Crippen molar-refractivity contribution in [1.82, 2.24) is 16.0 Å². The maximum Gasteiger partial charge on any atom is 0.326 e. The van der Waals surface area contributed by atoms with E-state index in [1.807, 2.05) is 0 Å². The number of carboxylic acids is 2. The molecule has 0 heterocycles. The quantitative estimate of drug-likeness (QED) is 0.158. The Hall–Kier alpha value is -3.32. The van der Waals surface area contributed by atoms with E-state index in [0.29, 0.717) is 11.3 Å². The van der Waals surface area contributed by atoms with Crippen molar-refractivity contribution in [3.63, 3.8) is 0 Å². The summed E-state index contributed by atoms with van der Waals surface area (Å²) in [6.45, 7) is -0.412. The molecule has 0 spiro atoms. The molecule has 8 N–H and O–H groups in total. The third-order valence-electron chi connectivity index (χ3n) is 4.72. The average Bonchev–Trinajstić information content (AvgIpc) is 2.79. The predicted molar refractivity (Wildman–Crippen MR) is 124 cm³/mol. The highest BCUT2D eigenvalue weighted by Crippen LogP contribution is 2.12. The fourth-order valence-electron chi connectivity index (χ4n) is 2.91. The van der Waals surface area contributed by atoms with E-state index < -0.39 is 60.8 Å². The van der Waals surface area contributed by atoms with Crippen molar-refractivity contribution >= 4 is 41.4 Å². The Bertz CT molecular complexity index is 865. The van der Waals surface area contributed by atoms with E-state index in [9.17, 15) is 34.2 Å². The molecule has 0 saturated heterocycles. The van der Waals surface area contributed by atoms with E-state index in [4.69, 9.17) is 10.8 Å². The number of phenols is 1. The summed E-state index contributed by atoms with van der Waals surface area (Å²) in [5, 5.41) is 35.0. The fourth-order valence-corrected chi connectivity index (χ4v) is 3.38. The van der Waals surface area contributed by atoms with Gasteiger partial charge in [0, 0.05) is 12.8 Å². The maximum atomic E-state index is 12.9. The molecule has 13 heteroatoms. The predicted octanol–water partition coefficient (Wildman–Crippen LogP) is -0.950. The van der Waals surface area contributed by atoms with E-state index in [2.05, 4.69) is 16.0 Å². The number of thioether (sulfide) groups is 1. The second-order valence-corrected chi connectivity index (χ2v) is 8.35. The highest BCUT2D eigenvalue weighted by Gasteiger charge is 2.29. The monoisotopic (exact) mass is 498 g/mol. The lowest BCUT2D eigenvalue weighted by molar-refractivity contribution is -0.142. The van der Waals surface area contributed by atoms with Crippen molar-refractivity contribution in [3.05, 3.63) is 29.8 Å². The van der Waals surface area contributed by atoms with Crippen LogP contribution in [0, 0.1) is 0 Å². The van der Waals surface area contributed by atoms with Gasteiger partial charge in [-0.15, -0.1) is 0 Å². The number of benzene rings is 1. The van der Waals surface area contributed by atoms with Crippen molar-refractivity contribution in [3.8, 4) is 5.75 Å². The number of hydrogen-bond donors (Lipinski definition) is 7. The van der Waals surface area contributed by atoms with Gasteiger partial charge in [-0.05, 0) is 42.5 Å². The number of phenolic OH excluding ortho intramolecular Hbond substituents is 1. The third kappa shape index (κ3) is 10.5. The van der Waals surface area contributed by atoms with E-state index in [1.165, 1.54) is 36.0 Å². The molecule has 1 aromatic rings. The fraction of sp³-hybridized carbons (Fsp3) is 0.476. The smallest absolute Gasteiger partial charge is 0.326 e. The second-order valence-electron chi connectivity index (χ2n) is 7.37. The topological polar surface area (TPSA) is 208 Å². The molecule has 1 rings (SSSR count). The second kappa shape index (κ2) is 14.8. The number of carboxylic acid groups (broad SMARTS) is 2. The van der Waals surface area contributed by atoms with Crippen LogP contribution in [0.1, 0.15) is 24.8 Å². The minimum Gasteiger partial charge on any atom is -0.508 e. The molecule has 1 aromatic carbocycles. The third-order valence-corrected chi connectivity index (χ3v) is 5.36. The van der Waals surface area contributed by atoms with Crippen molar-refractivity contribution < 1.29 is 39.3 Å². The van der Waals surface area contributed by atoms with E-state index >= 15 is 0 Å². The summed E-state index contributed by atoms with van der Waals surface area (Å²) in [6, 6.07) is 2.18. The van der Waals surface area contributed by atoms with Crippen molar-refractivity contribution in [2.75, 3.05) is 18.6 Å². The minimum absolute atomic E-state index is 0.0127. The van der Waals surface area contributed by atoms with Crippen molar-refractivity contribution in [2.24, 2.45) is 5.73 Å². The van der Waals surface area contributed by atoms with Crippen LogP contribution >= 0.6 is 11.8 Å². The van der Waals surface area contributed by atoms with Gasteiger partial charge in [0.05, 0.1) is 6.54 Å². The number of nitrogens with one attached hydrogen (secondary N) is 3. The number of nitrogens with two attached hydrogens (primary N) is 1. The molecular weight excluding hydrogens is 468 g/mol. The van der Waals surface area contributed by atoms with Gasteiger partial charge in [-0.2, -0.15) is 11.8 Å². The van der Waals surface area contributed by atoms with Crippen LogP contribution in [0.25, 0.3) is 0 Å². The summed E-state index contributed by atoms with van der Waals surface area (Å²) >= 11 is 1.41. The van der Waals surface area contributed by atoms with E-state index in [1.54, 1.807) is 6.26 Å². The molecule has 3 unspecified atom stereocenters. The number of carbonyl (C=O) groups excluding carboxylic acids is 3. The van der Waals surface area contributed by atoms with Crippen LogP contribution in [-0.2, 0) is 30.4 Å². The van der Waals surface area contributed by atoms with Crippen LogP contribution in [0.4, 0.5) is 0 Å². The normalized spacial score (nSPS) is 13.2. The molecule has 0 bridgehead atoms. The van der Waals surface area contributed by atoms with Gasteiger partial charge >= 0.3 is 11.9 Å². The summed E-state index contributed by atoms with van der Waals surface area (Å²) in [5.41, 5.74) is 5.81. The van der Waals surface area contributed by atoms with Gasteiger partial charge in [0.1, 0.15) is 23.9 Å². The largest absolute Gasteiger partial charge is 0.508 e. The number of carbonyl (C=O) groups is 5. The van der Waals surface area contributed by atoms with Gasteiger partial charge in [-0.1, -0.05) is 12.1 Å². The molecule has 0 saturated carbocycles. The van der Waals surface area contributed by atoms with Gasteiger partial charge in [0.15, 0.2) is 0 Å². The Morgan fingerprint density at radius 1 is 0.912 bits per heavy atom. The molecule has 0 fully saturated rings. The van der Waals surface area contributed by atoms with E-state index in [-0.39, 0.29) is 25.0 Å². The molecule has 34 heavy (non-hydrogen) atoms. The lowest BCUT2D eigenvalue weighted by Crippen LogP contribution is -2.56. The molecule has 0 aromatic heterocycles. The number of aromatic hydroxyl groups is 1. The Labute approximate surface area is 200 Å². The zero-order valence-corrected chi connectivity index (χ0v) is 19.5. The number of amides is 3. The molecule has 12 nitrogen and oxygen atoms in total. The number of rotatable bonds is 15. The molecule has 0 aliphatic carbocycles. The summed E-state index contributed by atoms with van der Waals surface area (Å²) in [5.74, 6) is -4.18. The highest BCUT2D eigenvalue weighted by atomic mass is 32.2. The van der Waals surface area contributed by atoms with Gasteiger partial charge in [0.2, 0.25) is 17.7 Å². The lowest BCUT2D eigenvalue weighted by Gasteiger charge is -2.24. The first-order valence-electron chi connectivity index (χ1n) is 10.4. The van der Waals surface area contributed by atoms with Gasteiger partial charge < -0.3 is 37.0 Å². The zero-order valence-electron chi connectivity index (χ0n) is 18.7. The van der Waals surface area contributed by atoms with Crippen molar-refractivity contribution in [1.29, 1.82) is 0 Å². The zero-order chi connectivity index (χ0) is 25.7. The van der Waals surface area contributed by atoms with Crippen LogP contribution in [0.3, 0.4) is 0 Å². The molecule has 3 atom stereocenters. The first-order chi connectivity index (χ1) is 16.1. The van der Waals surface area contributed by atoms with Crippen LogP contribution in [0.15, 0.2) is 24.3 Å². The Morgan fingerprint density at radius 2 is 1.47 bits per heavy atom. The SMILES string of the molecule is CSCCC(NC(=O)C(CCC(=O)O)NC(=O)CN)C(=O)NC(Cc1ccc(O)cc1)C(=O)O. The van der Waals surface area contributed by atoms with Crippen molar-refractivity contribution in [2.45, 2.75) is 43.8 Å². The molecule has 0 aliphatic rings. The number of hydrogen-bond acceptors (Lipinski definition) is 8. The summed E-state index contributed by atoms with van der Waals surface area (Å²) in [6.07, 6.45) is 1.28. The first kappa shape index (κ1) is 28.7. The molecule has 188 valence electrons. The highest BCUT2D eigenvalue weighted by molar-refractivity contribution is 7.98. The molecular formula is C21H30N4O8S. The Kier molecular flexibility index (Phi) is 12.5. The summed E-state index contributed by atoms with van der Waals surface area (Å²) in [4.78, 5) is 59.9. The van der Waals surface area contributed by atoms with Crippen LogP contribution < -0.4 is 21.7 Å². The Morgan fingerprint density at radius 3 is 1.97 bits per heavy atom. The summed E-state index contributed by atoms with van der Waals surface area (Å²) in [7, 11) is 0. The lowest BCUT2D eigenvalue weighted by atomic mass is 10.0. The standard InChI is InChI=1S/C21H30N4O8S/c1-34-9-8-15(24-19(30)14(6-7-18(28)29)23-17(27)11-22)20(31)25-16(21(32)33)10-12-2-4-13(26)5-3-12/h2-5,14-16,26H,6-11,22H2,1H3,(H,23,27)(H,24,30)(H,25,31)(H,28,29)(H,32,33). The van der Waals surface area contributed by atoms with E-state index in [0.717, 1.165) is 0 Å². The first-order valence-corrected chi connectivity index (χ1v) is 11.8. The van der Waals surface area contributed by atoms with Crippen LogP contribution in [0.5, 0.6) is 5.75 Å². The van der Waals surface area contributed by atoms with Crippen LogP contribution in [0.2, 0.25) is 0 Å². The van der Waals surface area contributed by atoms with Gasteiger partial charge in [-0.3, -0.25) is 19.2 Å². The minimum atomic E-state index is -1.30. The van der Waals surface area contributed by atoms with Crippen LogP contribution in [-0.4, -0.2) is 81.7 Å². The Balaban J connectivity index is 2.95. The average molecular weight is 499 g/mol. The molecule has 0 radical (unpaired) electrons. The maximum absolute atomic E-state index is 12.9. The molecule has 0 aliphatic heterocycles. The summed E-state index contributed by atoms with van der Waals surface area (Å²) < 4.78 is 0. The number of aliphatic carboxylic acids is 2. The molecule has 3 amide bonds. The van der Waals surface area contributed by atoms with Gasteiger partial charge in [0.25, 0.3) is 0 Å².